The van der Waals surface area contributed by atoms with Crippen molar-refractivity contribution < 1.29 is 4.79 Å². The van der Waals surface area contributed by atoms with E-state index in [9.17, 15) is 4.79 Å². The van der Waals surface area contributed by atoms with Crippen LogP contribution in [0, 0.1) is 0 Å². The number of benzene rings is 1. The minimum absolute atomic E-state index is 0.0291. The fourth-order valence-corrected chi connectivity index (χ4v) is 3.90. The van der Waals surface area contributed by atoms with Crippen LogP contribution in [0.5, 0.6) is 0 Å². The zero-order chi connectivity index (χ0) is 18.4. The van der Waals surface area contributed by atoms with Gasteiger partial charge in [-0.25, -0.2) is 0 Å². The Balaban J connectivity index is 1.83. The first-order chi connectivity index (χ1) is 12.7. The van der Waals surface area contributed by atoms with Gasteiger partial charge < -0.3 is 5.32 Å². The van der Waals surface area contributed by atoms with E-state index in [0.29, 0.717) is 6.54 Å². The summed E-state index contributed by atoms with van der Waals surface area (Å²) in [6.07, 6.45) is 4.15. The molecule has 1 amide bonds. The standard InChI is InChI=1S/C19H25N5OS/c1-3-11-20-18(25)15(2)26-19-22-21-17(14-23-12-7-8-13-23)24(19)16-9-5-4-6-10-16/h3-6,9-10,15H,1,7-8,11-14H2,2H3,(H,20,25). The smallest absolute Gasteiger partial charge is 0.233 e. The number of likely N-dealkylation sites (tertiary alicyclic amines) is 1. The summed E-state index contributed by atoms with van der Waals surface area (Å²) < 4.78 is 2.07. The molecular weight excluding hydrogens is 346 g/mol. The largest absolute Gasteiger partial charge is 0.352 e. The molecule has 1 aliphatic rings. The van der Waals surface area contributed by atoms with Crippen molar-refractivity contribution in [2.24, 2.45) is 0 Å². The molecule has 3 rings (SSSR count). The van der Waals surface area contributed by atoms with Gasteiger partial charge in [-0.15, -0.1) is 16.8 Å². The number of aromatic nitrogens is 3. The van der Waals surface area contributed by atoms with Crippen LogP contribution < -0.4 is 5.32 Å². The summed E-state index contributed by atoms with van der Waals surface area (Å²) in [5, 5.41) is 12.1. The summed E-state index contributed by atoms with van der Waals surface area (Å²) in [6.45, 7) is 8.96. The maximum atomic E-state index is 12.2. The van der Waals surface area contributed by atoms with E-state index in [1.165, 1.54) is 24.6 Å². The third-order valence-electron chi connectivity index (χ3n) is 4.35. The van der Waals surface area contributed by atoms with Gasteiger partial charge in [0, 0.05) is 12.2 Å². The van der Waals surface area contributed by atoms with Gasteiger partial charge in [-0.2, -0.15) is 0 Å². The number of carbonyl (C=O) groups excluding carboxylic acids is 1. The number of amides is 1. The average molecular weight is 372 g/mol. The molecule has 1 saturated heterocycles. The van der Waals surface area contributed by atoms with E-state index in [0.717, 1.165) is 36.3 Å². The number of hydrogen-bond acceptors (Lipinski definition) is 5. The molecule has 26 heavy (non-hydrogen) atoms. The number of hydrogen-bond donors (Lipinski definition) is 1. The molecule has 0 bridgehead atoms. The number of para-hydroxylation sites is 1. The Bertz CT molecular complexity index is 740. The Hall–Kier alpha value is -2.12. The van der Waals surface area contributed by atoms with Crippen LogP contribution in [0.3, 0.4) is 0 Å². The Labute approximate surface area is 158 Å². The fourth-order valence-electron chi connectivity index (χ4n) is 2.98. The van der Waals surface area contributed by atoms with E-state index < -0.39 is 0 Å². The molecule has 0 spiro atoms. The van der Waals surface area contributed by atoms with Gasteiger partial charge in [-0.3, -0.25) is 14.3 Å². The van der Waals surface area contributed by atoms with Crippen molar-refractivity contribution >= 4 is 17.7 Å². The molecule has 1 aliphatic heterocycles. The van der Waals surface area contributed by atoms with Gasteiger partial charge in [-0.05, 0) is 45.0 Å². The average Bonchev–Trinajstić information content (AvgIpc) is 3.31. The Morgan fingerprint density at radius 3 is 2.73 bits per heavy atom. The Morgan fingerprint density at radius 1 is 1.31 bits per heavy atom. The summed E-state index contributed by atoms with van der Waals surface area (Å²) >= 11 is 1.43. The van der Waals surface area contributed by atoms with E-state index in [1.54, 1.807) is 6.08 Å². The highest BCUT2D eigenvalue weighted by Gasteiger charge is 2.22. The third kappa shape index (κ3) is 4.53. The summed E-state index contributed by atoms with van der Waals surface area (Å²) in [5.74, 6) is 0.887. The number of nitrogens with one attached hydrogen (secondary N) is 1. The summed E-state index contributed by atoms with van der Waals surface area (Å²) in [6, 6.07) is 10.1. The first-order valence-corrected chi connectivity index (χ1v) is 9.84. The molecule has 138 valence electrons. The second kappa shape index (κ2) is 9.00. The van der Waals surface area contributed by atoms with Crippen molar-refractivity contribution in [3.8, 4) is 5.69 Å². The van der Waals surface area contributed by atoms with Crippen molar-refractivity contribution in [2.75, 3.05) is 19.6 Å². The van der Waals surface area contributed by atoms with Gasteiger partial charge in [0.25, 0.3) is 0 Å². The molecular formula is C19H25N5OS. The van der Waals surface area contributed by atoms with Crippen LogP contribution >= 0.6 is 11.8 Å². The van der Waals surface area contributed by atoms with Crippen LogP contribution in [0.4, 0.5) is 0 Å². The molecule has 6 nitrogen and oxygen atoms in total. The SMILES string of the molecule is C=CCNC(=O)C(C)Sc1nnc(CN2CCCC2)n1-c1ccccc1. The highest BCUT2D eigenvalue weighted by molar-refractivity contribution is 8.00. The lowest BCUT2D eigenvalue weighted by Gasteiger charge is -2.16. The van der Waals surface area contributed by atoms with Gasteiger partial charge in [0.05, 0.1) is 11.8 Å². The van der Waals surface area contributed by atoms with Gasteiger partial charge in [0.2, 0.25) is 5.91 Å². The van der Waals surface area contributed by atoms with Gasteiger partial charge in [0.1, 0.15) is 0 Å². The van der Waals surface area contributed by atoms with Crippen LogP contribution in [0.2, 0.25) is 0 Å². The van der Waals surface area contributed by atoms with Crippen LogP contribution in [0.1, 0.15) is 25.6 Å². The van der Waals surface area contributed by atoms with Crippen LogP contribution in [0.25, 0.3) is 5.69 Å². The molecule has 7 heteroatoms. The highest BCUT2D eigenvalue weighted by Crippen LogP contribution is 2.26. The second-order valence-corrected chi connectivity index (χ2v) is 7.65. The predicted molar refractivity (Wildman–Crippen MR) is 104 cm³/mol. The molecule has 1 fully saturated rings. The summed E-state index contributed by atoms with van der Waals surface area (Å²) in [4.78, 5) is 14.6. The van der Waals surface area contributed by atoms with E-state index >= 15 is 0 Å². The summed E-state index contributed by atoms with van der Waals surface area (Å²) in [5.41, 5.74) is 1.02. The molecule has 0 aliphatic carbocycles. The normalized spacial score (nSPS) is 15.7. The fraction of sp³-hybridized carbons (Fsp3) is 0.421. The maximum Gasteiger partial charge on any atom is 0.233 e. The molecule has 1 aromatic heterocycles. The van der Waals surface area contributed by atoms with E-state index in [4.69, 9.17) is 0 Å². The van der Waals surface area contributed by atoms with Gasteiger partial charge in [0.15, 0.2) is 11.0 Å². The highest BCUT2D eigenvalue weighted by atomic mass is 32.2. The number of carbonyl (C=O) groups is 1. The Morgan fingerprint density at radius 2 is 2.04 bits per heavy atom. The first-order valence-electron chi connectivity index (χ1n) is 8.96. The number of rotatable bonds is 8. The lowest BCUT2D eigenvalue weighted by Crippen LogP contribution is -2.31. The van der Waals surface area contributed by atoms with Crippen molar-refractivity contribution in [1.82, 2.24) is 25.0 Å². The molecule has 0 saturated carbocycles. The molecule has 1 N–H and O–H groups in total. The quantitative estimate of drug-likeness (QED) is 0.571. The second-order valence-electron chi connectivity index (χ2n) is 6.35. The molecule has 1 aromatic carbocycles. The third-order valence-corrected chi connectivity index (χ3v) is 5.39. The van der Waals surface area contributed by atoms with Crippen molar-refractivity contribution in [3.63, 3.8) is 0 Å². The van der Waals surface area contributed by atoms with Crippen LogP contribution in [-0.4, -0.2) is 50.5 Å². The minimum atomic E-state index is -0.263. The monoisotopic (exact) mass is 371 g/mol. The van der Waals surface area contributed by atoms with Crippen LogP contribution in [-0.2, 0) is 11.3 Å². The zero-order valence-electron chi connectivity index (χ0n) is 15.1. The summed E-state index contributed by atoms with van der Waals surface area (Å²) in [7, 11) is 0. The van der Waals surface area contributed by atoms with Crippen LogP contribution in [0.15, 0.2) is 48.1 Å². The predicted octanol–water partition coefficient (Wildman–Crippen LogP) is 2.65. The maximum absolute atomic E-state index is 12.2. The van der Waals surface area contributed by atoms with Crippen molar-refractivity contribution in [1.29, 1.82) is 0 Å². The Kier molecular flexibility index (Phi) is 6.46. The van der Waals surface area contributed by atoms with Crippen molar-refractivity contribution in [3.05, 3.63) is 48.8 Å². The van der Waals surface area contributed by atoms with E-state index in [-0.39, 0.29) is 11.2 Å². The number of thioether (sulfide) groups is 1. The first kappa shape index (κ1) is 18.7. The van der Waals surface area contributed by atoms with Crippen molar-refractivity contribution in [2.45, 2.75) is 36.7 Å². The van der Waals surface area contributed by atoms with E-state index in [2.05, 4.69) is 31.6 Å². The molecule has 2 heterocycles. The topological polar surface area (TPSA) is 63.1 Å². The van der Waals surface area contributed by atoms with Gasteiger partial charge in [-0.1, -0.05) is 36.0 Å². The van der Waals surface area contributed by atoms with Gasteiger partial charge >= 0.3 is 0 Å². The minimum Gasteiger partial charge on any atom is -0.352 e. The zero-order valence-corrected chi connectivity index (χ0v) is 15.9. The van der Waals surface area contributed by atoms with E-state index in [1.807, 2.05) is 37.3 Å². The molecule has 0 radical (unpaired) electrons. The molecule has 2 aromatic rings. The molecule has 1 atom stereocenters. The lowest BCUT2D eigenvalue weighted by atomic mass is 10.3. The lowest BCUT2D eigenvalue weighted by molar-refractivity contribution is -0.120. The number of nitrogens with zero attached hydrogens (tertiary/aromatic N) is 4. The molecule has 1 unspecified atom stereocenters.